The number of nitrogens with one attached hydrogen (secondary N) is 2. The molecule has 1 aliphatic heterocycles. The number of carbonyl (C=O) groups is 1. The number of carbonyl (C=O) groups excluding carboxylic acids is 1. The normalized spacial score (nSPS) is 14.8. The zero-order chi connectivity index (χ0) is 23.1. The van der Waals surface area contributed by atoms with E-state index >= 15 is 0 Å². The number of nitrogens with zero attached hydrogens (tertiary/aromatic N) is 3. The van der Waals surface area contributed by atoms with Crippen molar-refractivity contribution in [1.82, 2.24) is 15.5 Å². The van der Waals surface area contributed by atoms with Crippen molar-refractivity contribution in [2.75, 3.05) is 45.2 Å². The van der Waals surface area contributed by atoms with Gasteiger partial charge in [0.25, 0.3) is 5.91 Å². The lowest BCUT2D eigenvalue weighted by Gasteiger charge is -2.38. The summed E-state index contributed by atoms with van der Waals surface area (Å²) in [7, 11) is 3.52. The number of anilines is 1. The number of aliphatic imine (C=N–C) groups is 1. The van der Waals surface area contributed by atoms with Gasteiger partial charge < -0.3 is 25.2 Å². The van der Waals surface area contributed by atoms with E-state index in [-0.39, 0.29) is 11.4 Å². The van der Waals surface area contributed by atoms with Crippen LogP contribution in [0.3, 0.4) is 0 Å². The van der Waals surface area contributed by atoms with Crippen LogP contribution in [0.1, 0.15) is 36.7 Å². The van der Waals surface area contributed by atoms with E-state index in [0.29, 0.717) is 12.1 Å². The fourth-order valence-electron chi connectivity index (χ4n) is 3.80. The highest BCUT2D eigenvalue weighted by Crippen LogP contribution is 2.28. The van der Waals surface area contributed by atoms with E-state index in [1.54, 1.807) is 7.11 Å². The topological polar surface area (TPSA) is 69.2 Å². The van der Waals surface area contributed by atoms with Crippen LogP contribution >= 0.6 is 0 Å². The van der Waals surface area contributed by atoms with Gasteiger partial charge in [-0.05, 0) is 50.6 Å². The number of guanidine groups is 1. The molecule has 0 radical (unpaired) electrons. The Labute approximate surface area is 191 Å². The molecule has 0 aliphatic carbocycles. The molecule has 1 aliphatic rings. The van der Waals surface area contributed by atoms with Crippen LogP contribution in [0.2, 0.25) is 0 Å². The number of amides is 1. The van der Waals surface area contributed by atoms with E-state index in [1.165, 1.54) is 0 Å². The molecule has 1 heterocycles. The van der Waals surface area contributed by atoms with Crippen molar-refractivity contribution in [3.8, 4) is 5.75 Å². The van der Waals surface area contributed by atoms with Crippen LogP contribution in [0.5, 0.6) is 5.75 Å². The lowest BCUT2D eigenvalue weighted by Crippen LogP contribution is -2.52. The van der Waals surface area contributed by atoms with Gasteiger partial charge in [-0.2, -0.15) is 0 Å². The SMILES string of the molecule is CN=C(NCc1cccc(C(=O)NC(C)(C)C)c1)N1CCN(c2ccccc2OC)CC1. The number of ether oxygens (including phenoxy) is 1. The van der Waals surface area contributed by atoms with Crippen molar-refractivity contribution >= 4 is 17.6 Å². The highest BCUT2D eigenvalue weighted by Gasteiger charge is 2.22. The lowest BCUT2D eigenvalue weighted by atomic mass is 10.1. The molecule has 7 nitrogen and oxygen atoms in total. The van der Waals surface area contributed by atoms with Gasteiger partial charge in [-0.3, -0.25) is 9.79 Å². The van der Waals surface area contributed by atoms with E-state index in [0.717, 1.165) is 49.1 Å². The molecule has 2 aromatic carbocycles. The van der Waals surface area contributed by atoms with E-state index < -0.39 is 0 Å². The van der Waals surface area contributed by atoms with Crippen molar-refractivity contribution in [3.05, 3.63) is 59.7 Å². The maximum atomic E-state index is 12.5. The number of para-hydroxylation sites is 2. The van der Waals surface area contributed by atoms with Crippen LogP contribution in [0, 0.1) is 0 Å². The molecule has 0 atom stereocenters. The lowest BCUT2D eigenvalue weighted by molar-refractivity contribution is 0.0919. The molecule has 172 valence electrons. The minimum Gasteiger partial charge on any atom is -0.495 e. The summed E-state index contributed by atoms with van der Waals surface area (Å²) >= 11 is 0. The first-order valence-electron chi connectivity index (χ1n) is 11.1. The quantitative estimate of drug-likeness (QED) is 0.556. The third kappa shape index (κ3) is 6.15. The van der Waals surface area contributed by atoms with Crippen LogP contribution in [0.15, 0.2) is 53.5 Å². The molecule has 1 amide bonds. The second-order valence-corrected chi connectivity index (χ2v) is 8.95. The summed E-state index contributed by atoms with van der Waals surface area (Å²) in [5.74, 6) is 1.71. The third-order valence-electron chi connectivity index (χ3n) is 5.35. The van der Waals surface area contributed by atoms with E-state index in [4.69, 9.17) is 4.74 Å². The van der Waals surface area contributed by atoms with Crippen molar-refractivity contribution in [2.24, 2.45) is 4.99 Å². The van der Waals surface area contributed by atoms with Gasteiger partial charge in [0.1, 0.15) is 5.75 Å². The number of hydrogen-bond donors (Lipinski definition) is 2. The Bertz CT molecular complexity index is 943. The molecule has 2 aromatic rings. The van der Waals surface area contributed by atoms with Crippen molar-refractivity contribution in [1.29, 1.82) is 0 Å². The molecular formula is C25H35N5O2. The summed E-state index contributed by atoms with van der Waals surface area (Å²) < 4.78 is 5.51. The molecule has 1 fully saturated rings. The van der Waals surface area contributed by atoms with E-state index in [2.05, 4.69) is 31.5 Å². The van der Waals surface area contributed by atoms with Gasteiger partial charge in [0.15, 0.2) is 5.96 Å². The van der Waals surface area contributed by atoms with Crippen molar-refractivity contribution in [2.45, 2.75) is 32.9 Å². The fraction of sp³-hybridized carbons (Fsp3) is 0.440. The average Bonchev–Trinajstić information content (AvgIpc) is 2.79. The molecule has 32 heavy (non-hydrogen) atoms. The van der Waals surface area contributed by atoms with Gasteiger partial charge >= 0.3 is 0 Å². The van der Waals surface area contributed by atoms with Gasteiger partial charge in [-0.1, -0.05) is 24.3 Å². The number of benzene rings is 2. The van der Waals surface area contributed by atoms with E-state index in [1.807, 2.05) is 70.3 Å². The van der Waals surface area contributed by atoms with Crippen LogP contribution in [0.25, 0.3) is 0 Å². The highest BCUT2D eigenvalue weighted by molar-refractivity contribution is 5.94. The molecule has 0 saturated carbocycles. The first-order valence-corrected chi connectivity index (χ1v) is 11.1. The van der Waals surface area contributed by atoms with Gasteiger partial charge in [0.05, 0.1) is 12.8 Å². The van der Waals surface area contributed by atoms with Crippen LogP contribution in [0.4, 0.5) is 5.69 Å². The summed E-state index contributed by atoms with van der Waals surface area (Å²) in [5, 5.41) is 6.46. The second-order valence-electron chi connectivity index (χ2n) is 8.95. The Balaban J connectivity index is 1.57. The maximum absolute atomic E-state index is 12.5. The summed E-state index contributed by atoms with van der Waals surface area (Å²) in [6.45, 7) is 10.1. The Morgan fingerprint density at radius 3 is 2.44 bits per heavy atom. The predicted molar refractivity (Wildman–Crippen MR) is 131 cm³/mol. The smallest absolute Gasteiger partial charge is 0.251 e. The zero-order valence-electron chi connectivity index (χ0n) is 19.8. The second kappa shape index (κ2) is 10.4. The fourth-order valence-corrected chi connectivity index (χ4v) is 3.80. The van der Waals surface area contributed by atoms with Gasteiger partial charge in [0, 0.05) is 50.9 Å². The van der Waals surface area contributed by atoms with Gasteiger partial charge in [-0.25, -0.2) is 0 Å². The average molecular weight is 438 g/mol. The van der Waals surface area contributed by atoms with Crippen LogP contribution in [-0.2, 0) is 6.54 Å². The zero-order valence-corrected chi connectivity index (χ0v) is 19.8. The summed E-state index contributed by atoms with van der Waals surface area (Å²) in [6.07, 6.45) is 0. The minimum atomic E-state index is -0.265. The Morgan fingerprint density at radius 2 is 1.78 bits per heavy atom. The van der Waals surface area contributed by atoms with Crippen LogP contribution in [-0.4, -0.2) is 62.6 Å². The molecule has 0 spiro atoms. The minimum absolute atomic E-state index is 0.0591. The largest absolute Gasteiger partial charge is 0.495 e. The molecule has 7 heteroatoms. The predicted octanol–water partition coefficient (Wildman–Crippen LogP) is 3.12. The number of hydrogen-bond acceptors (Lipinski definition) is 4. The van der Waals surface area contributed by atoms with Crippen LogP contribution < -0.4 is 20.3 Å². The molecule has 3 rings (SSSR count). The van der Waals surface area contributed by atoms with Crippen molar-refractivity contribution < 1.29 is 9.53 Å². The Morgan fingerprint density at radius 1 is 1.06 bits per heavy atom. The number of methoxy groups -OCH3 is 1. The summed E-state index contributed by atoms with van der Waals surface area (Å²) in [5.41, 5.74) is 2.57. The standard InChI is InChI=1S/C25H35N5O2/c1-25(2,3)28-23(31)20-10-8-9-19(17-20)18-27-24(26-4)30-15-13-29(14-16-30)21-11-6-7-12-22(21)32-5/h6-12,17H,13-16,18H2,1-5H3,(H,26,27)(H,28,31). The molecule has 2 N–H and O–H groups in total. The van der Waals surface area contributed by atoms with Gasteiger partial charge in [0.2, 0.25) is 0 Å². The monoisotopic (exact) mass is 437 g/mol. The number of piperazine rings is 1. The van der Waals surface area contributed by atoms with Crippen molar-refractivity contribution in [3.63, 3.8) is 0 Å². The first-order chi connectivity index (χ1) is 15.3. The molecule has 0 bridgehead atoms. The summed E-state index contributed by atoms with van der Waals surface area (Å²) in [4.78, 5) is 21.6. The molecule has 0 unspecified atom stereocenters. The highest BCUT2D eigenvalue weighted by atomic mass is 16.5. The Hall–Kier alpha value is -3.22. The molecule has 0 aromatic heterocycles. The maximum Gasteiger partial charge on any atom is 0.251 e. The Kier molecular flexibility index (Phi) is 7.62. The first kappa shape index (κ1) is 23.4. The van der Waals surface area contributed by atoms with E-state index in [9.17, 15) is 4.79 Å². The third-order valence-corrected chi connectivity index (χ3v) is 5.35. The molecule has 1 saturated heterocycles. The molecular weight excluding hydrogens is 402 g/mol. The number of rotatable bonds is 5. The van der Waals surface area contributed by atoms with Gasteiger partial charge in [-0.15, -0.1) is 0 Å². The summed E-state index contributed by atoms with van der Waals surface area (Å²) in [6, 6.07) is 15.9.